The average molecular weight is 727 g/mol. The van der Waals surface area contributed by atoms with E-state index in [1.54, 1.807) is 0 Å². The molecule has 57 heavy (non-hydrogen) atoms. The summed E-state index contributed by atoms with van der Waals surface area (Å²) in [7, 11) is 0. The zero-order valence-electron chi connectivity index (χ0n) is 31.3. The largest absolute Gasteiger partial charge is 0.359 e. The summed E-state index contributed by atoms with van der Waals surface area (Å²) in [6.45, 7) is 0. The van der Waals surface area contributed by atoms with Crippen molar-refractivity contribution >= 4 is 60.2 Å². The van der Waals surface area contributed by atoms with E-state index in [9.17, 15) is 0 Å². The van der Waals surface area contributed by atoms with Crippen molar-refractivity contribution in [3.05, 3.63) is 235 Å². The first kappa shape index (κ1) is 33.0. The van der Waals surface area contributed by atoms with Gasteiger partial charge in [0.05, 0.1) is 11.4 Å². The SMILES string of the molecule is c1ccc(C2=C(c3ccccc3)N(c3ccccc3)C(c3ccc4c(-c5ccc6ccccc6c5)c5ccccc5c(-c5ccc6ccccc6c5)c4c3)N2)cc1. The first-order valence-corrected chi connectivity index (χ1v) is 19.7. The van der Waals surface area contributed by atoms with Crippen LogP contribution in [0.3, 0.4) is 0 Å². The van der Waals surface area contributed by atoms with Crippen LogP contribution >= 0.6 is 0 Å². The summed E-state index contributed by atoms with van der Waals surface area (Å²) in [5.74, 6) is 0. The number of rotatable bonds is 6. The van der Waals surface area contributed by atoms with Crippen molar-refractivity contribution in [2.45, 2.75) is 6.17 Å². The van der Waals surface area contributed by atoms with Gasteiger partial charge < -0.3 is 10.2 Å². The minimum absolute atomic E-state index is 0.178. The third-order valence-corrected chi connectivity index (χ3v) is 11.6. The van der Waals surface area contributed by atoms with Gasteiger partial charge in [-0.2, -0.15) is 0 Å². The smallest absolute Gasteiger partial charge is 0.130 e. The summed E-state index contributed by atoms with van der Waals surface area (Å²) in [6.07, 6.45) is -0.178. The highest BCUT2D eigenvalue weighted by Crippen LogP contribution is 2.48. The van der Waals surface area contributed by atoms with E-state index < -0.39 is 0 Å². The number of anilines is 1. The van der Waals surface area contributed by atoms with E-state index in [-0.39, 0.29) is 6.17 Å². The zero-order chi connectivity index (χ0) is 37.7. The van der Waals surface area contributed by atoms with E-state index in [0.29, 0.717) is 0 Å². The number of hydrogen-bond acceptors (Lipinski definition) is 2. The molecule has 0 aromatic heterocycles. The fourth-order valence-electron chi connectivity index (χ4n) is 9.00. The maximum absolute atomic E-state index is 4.08. The van der Waals surface area contributed by atoms with Crippen LogP contribution in [0.25, 0.3) is 76.7 Å². The Kier molecular flexibility index (Phi) is 7.93. The molecule has 1 aliphatic heterocycles. The number of hydrogen-bond donors (Lipinski definition) is 1. The van der Waals surface area contributed by atoms with E-state index >= 15 is 0 Å². The molecule has 11 rings (SSSR count). The van der Waals surface area contributed by atoms with Gasteiger partial charge in [-0.1, -0.05) is 188 Å². The molecule has 2 heteroatoms. The first-order valence-electron chi connectivity index (χ1n) is 19.7. The van der Waals surface area contributed by atoms with Crippen LogP contribution in [0, 0.1) is 0 Å². The molecular formula is C55H38N2. The molecule has 0 fully saturated rings. The quantitative estimate of drug-likeness (QED) is 0.172. The molecule has 0 amide bonds. The maximum atomic E-state index is 4.08. The van der Waals surface area contributed by atoms with E-state index in [4.69, 9.17) is 0 Å². The molecule has 0 saturated carbocycles. The van der Waals surface area contributed by atoms with Gasteiger partial charge >= 0.3 is 0 Å². The van der Waals surface area contributed by atoms with Crippen LogP contribution in [0.5, 0.6) is 0 Å². The van der Waals surface area contributed by atoms with E-state index in [0.717, 1.165) is 28.2 Å². The van der Waals surface area contributed by atoms with Crippen molar-refractivity contribution in [2.24, 2.45) is 0 Å². The monoisotopic (exact) mass is 726 g/mol. The second-order valence-corrected chi connectivity index (χ2v) is 14.9. The van der Waals surface area contributed by atoms with E-state index in [1.807, 2.05) is 0 Å². The van der Waals surface area contributed by atoms with Crippen molar-refractivity contribution < 1.29 is 0 Å². The molecule has 1 atom stereocenters. The summed E-state index contributed by atoms with van der Waals surface area (Å²) in [4.78, 5) is 2.49. The van der Waals surface area contributed by atoms with Crippen molar-refractivity contribution in [1.29, 1.82) is 0 Å². The zero-order valence-corrected chi connectivity index (χ0v) is 31.3. The van der Waals surface area contributed by atoms with E-state index in [1.165, 1.54) is 70.9 Å². The predicted octanol–water partition coefficient (Wildman–Crippen LogP) is 14.3. The second-order valence-electron chi connectivity index (χ2n) is 14.9. The number of benzene rings is 10. The Morgan fingerprint density at radius 2 is 0.807 bits per heavy atom. The maximum Gasteiger partial charge on any atom is 0.130 e. The van der Waals surface area contributed by atoms with Crippen LogP contribution in [0.4, 0.5) is 5.69 Å². The van der Waals surface area contributed by atoms with Crippen LogP contribution < -0.4 is 10.2 Å². The van der Waals surface area contributed by atoms with Crippen molar-refractivity contribution in [3.63, 3.8) is 0 Å². The molecular weight excluding hydrogens is 689 g/mol. The number of fused-ring (bicyclic) bond motifs is 4. The van der Waals surface area contributed by atoms with Gasteiger partial charge in [-0.3, -0.25) is 0 Å². The molecule has 268 valence electrons. The normalized spacial score (nSPS) is 14.2. The fraction of sp³-hybridized carbons (Fsp3) is 0.0182. The predicted molar refractivity (Wildman–Crippen MR) is 242 cm³/mol. The minimum Gasteiger partial charge on any atom is -0.359 e. The Morgan fingerprint density at radius 3 is 1.40 bits per heavy atom. The van der Waals surface area contributed by atoms with Crippen LogP contribution in [-0.4, -0.2) is 0 Å². The van der Waals surface area contributed by atoms with Crippen LogP contribution in [-0.2, 0) is 0 Å². The Bertz CT molecular complexity index is 3150. The molecule has 10 aromatic carbocycles. The summed E-state index contributed by atoms with van der Waals surface area (Å²) in [5.41, 5.74) is 11.8. The lowest BCUT2D eigenvalue weighted by Crippen LogP contribution is -2.29. The van der Waals surface area contributed by atoms with Gasteiger partial charge in [0.15, 0.2) is 0 Å². The second kappa shape index (κ2) is 13.7. The first-order chi connectivity index (χ1) is 28.3. The molecule has 0 radical (unpaired) electrons. The number of nitrogens with one attached hydrogen (secondary N) is 1. The van der Waals surface area contributed by atoms with E-state index in [2.05, 4.69) is 229 Å². The molecule has 1 unspecified atom stereocenters. The number of nitrogens with zero attached hydrogens (tertiary/aromatic N) is 1. The van der Waals surface area contributed by atoms with Gasteiger partial charge in [0, 0.05) is 11.3 Å². The Labute approximate surface area is 332 Å². The topological polar surface area (TPSA) is 15.3 Å². The Hall–Kier alpha value is -7.42. The van der Waals surface area contributed by atoms with Crippen LogP contribution in [0.2, 0.25) is 0 Å². The molecule has 1 N–H and O–H groups in total. The van der Waals surface area contributed by atoms with Gasteiger partial charge in [-0.25, -0.2) is 0 Å². The highest BCUT2D eigenvalue weighted by Gasteiger charge is 2.35. The van der Waals surface area contributed by atoms with Gasteiger partial charge in [0.2, 0.25) is 0 Å². The lowest BCUT2D eigenvalue weighted by Gasteiger charge is -2.30. The average Bonchev–Trinajstić information content (AvgIpc) is 3.69. The summed E-state index contributed by atoms with van der Waals surface area (Å²) >= 11 is 0. The lowest BCUT2D eigenvalue weighted by atomic mass is 9.84. The summed E-state index contributed by atoms with van der Waals surface area (Å²) in [6, 6.07) is 79.7. The van der Waals surface area contributed by atoms with Crippen LogP contribution in [0.15, 0.2) is 218 Å². The Balaban J connectivity index is 1.20. The van der Waals surface area contributed by atoms with Crippen molar-refractivity contribution in [3.8, 4) is 22.3 Å². The molecule has 0 spiro atoms. The van der Waals surface area contributed by atoms with Crippen LogP contribution in [0.1, 0.15) is 22.9 Å². The molecule has 0 aliphatic carbocycles. The molecule has 0 saturated heterocycles. The fourth-order valence-corrected chi connectivity index (χ4v) is 9.00. The van der Waals surface area contributed by atoms with Crippen molar-refractivity contribution in [1.82, 2.24) is 5.32 Å². The summed E-state index contributed by atoms with van der Waals surface area (Å²) < 4.78 is 0. The third-order valence-electron chi connectivity index (χ3n) is 11.6. The lowest BCUT2D eigenvalue weighted by molar-refractivity contribution is 0.680. The van der Waals surface area contributed by atoms with Gasteiger partial charge in [0.25, 0.3) is 0 Å². The Morgan fingerprint density at radius 1 is 0.333 bits per heavy atom. The molecule has 10 aromatic rings. The van der Waals surface area contributed by atoms with Crippen molar-refractivity contribution in [2.75, 3.05) is 4.90 Å². The minimum atomic E-state index is -0.178. The number of para-hydroxylation sites is 1. The highest BCUT2D eigenvalue weighted by molar-refractivity contribution is 6.22. The summed E-state index contributed by atoms with van der Waals surface area (Å²) in [5, 5.41) is 14.0. The molecule has 1 heterocycles. The van der Waals surface area contributed by atoms with Gasteiger partial charge in [0.1, 0.15) is 6.17 Å². The molecule has 2 nitrogen and oxygen atoms in total. The highest BCUT2D eigenvalue weighted by atomic mass is 15.3. The molecule has 1 aliphatic rings. The third kappa shape index (κ3) is 5.65. The molecule has 0 bridgehead atoms. The van der Waals surface area contributed by atoms with Gasteiger partial charge in [-0.15, -0.1) is 0 Å². The standard InChI is InChI=1S/C55H38N2/c1-4-18-39(19-5-1)53-54(40-20-6-2-7-21-40)57(46-24-8-3-9-25-46)55(56-53)45-32-33-49-50(36-45)52(44-31-29-38-17-11-13-23-42(38)35-44)48-27-15-14-26-47(48)51(49)43-30-28-37-16-10-12-22-41(37)34-43/h1-36,55-56H. The van der Waals surface area contributed by atoms with Gasteiger partial charge in [-0.05, 0) is 107 Å².